The summed E-state index contributed by atoms with van der Waals surface area (Å²) in [6.07, 6.45) is 1.05. The Kier molecular flexibility index (Phi) is 2.96. The predicted octanol–water partition coefficient (Wildman–Crippen LogP) is 3.36. The minimum atomic E-state index is 0.476. The number of alkyl halides is 1. The van der Waals surface area contributed by atoms with E-state index in [0.717, 1.165) is 24.3 Å². The molecule has 0 fully saturated rings. The van der Waals surface area contributed by atoms with Crippen molar-refractivity contribution in [2.24, 2.45) is 0 Å². The molecule has 15 heavy (non-hydrogen) atoms. The molecule has 0 atom stereocenters. The van der Waals surface area contributed by atoms with Gasteiger partial charge in [-0.1, -0.05) is 13.0 Å². The summed E-state index contributed by atoms with van der Waals surface area (Å²) in [6.45, 7) is 5.19. The summed E-state index contributed by atoms with van der Waals surface area (Å²) in [5.41, 5.74) is 3.57. The molecule has 2 nitrogen and oxygen atoms in total. The molecule has 0 bridgehead atoms. The average Bonchev–Trinajstić information content (AvgIpc) is 2.65. The van der Waals surface area contributed by atoms with E-state index >= 15 is 0 Å². The quantitative estimate of drug-likeness (QED) is 0.729. The maximum absolute atomic E-state index is 5.87. The molecule has 0 radical (unpaired) electrons. The summed E-state index contributed by atoms with van der Waals surface area (Å²) >= 11 is 5.87. The van der Waals surface area contributed by atoms with E-state index in [1.165, 1.54) is 11.1 Å². The van der Waals surface area contributed by atoms with Gasteiger partial charge in [0.15, 0.2) is 0 Å². The number of nitrogens with zero attached hydrogens (tertiary/aromatic N) is 2. The van der Waals surface area contributed by atoms with Crippen molar-refractivity contribution in [1.82, 2.24) is 9.55 Å². The van der Waals surface area contributed by atoms with Crippen LogP contribution < -0.4 is 0 Å². The Hall–Kier alpha value is -1.02. The lowest BCUT2D eigenvalue weighted by molar-refractivity contribution is 0.747. The third-order valence-electron chi connectivity index (χ3n) is 2.74. The number of hydrogen-bond acceptors (Lipinski definition) is 1. The lowest BCUT2D eigenvalue weighted by atomic mass is 10.1. The second-order valence-corrected chi connectivity index (χ2v) is 3.85. The van der Waals surface area contributed by atoms with E-state index in [-0.39, 0.29) is 0 Å². The minimum Gasteiger partial charge on any atom is -0.327 e. The van der Waals surface area contributed by atoms with Gasteiger partial charge in [-0.3, -0.25) is 0 Å². The second kappa shape index (κ2) is 4.23. The summed E-state index contributed by atoms with van der Waals surface area (Å²) in [6, 6.07) is 6.45. The lowest BCUT2D eigenvalue weighted by Crippen LogP contribution is -1.98. The smallest absolute Gasteiger partial charge is 0.124 e. The number of halogens is 1. The van der Waals surface area contributed by atoms with Crippen molar-refractivity contribution in [3.05, 3.63) is 29.6 Å². The number of hydrogen-bond donors (Lipinski definition) is 0. The van der Waals surface area contributed by atoms with E-state index < -0.39 is 0 Å². The Bertz CT molecular complexity index is 474. The molecule has 0 saturated carbocycles. The average molecular weight is 223 g/mol. The Morgan fingerprint density at radius 2 is 2.13 bits per heavy atom. The van der Waals surface area contributed by atoms with E-state index in [1.54, 1.807) is 0 Å². The van der Waals surface area contributed by atoms with Crippen molar-refractivity contribution in [3.8, 4) is 0 Å². The SMILES string of the molecule is CCc1ccc2c(c1)nc(CCl)n2CC. The van der Waals surface area contributed by atoms with Gasteiger partial charge in [0.25, 0.3) is 0 Å². The fourth-order valence-corrected chi connectivity index (χ4v) is 2.10. The van der Waals surface area contributed by atoms with E-state index in [2.05, 4.69) is 41.6 Å². The third kappa shape index (κ3) is 1.74. The first-order valence-electron chi connectivity index (χ1n) is 5.34. The number of rotatable bonds is 3. The maximum atomic E-state index is 5.87. The number of imidazole rings is 1. The molecule has 0 aliphatic rings. The van der Waals surface area contributed by atoms with Crippen LogP contribution in [0.3, 0.4) is 0 Å². The van der Waals surface area contributed by atoms with Gasteiger partial charge in [-0.15, -0.1) is 11.6 Å². The van der Waals surface area contributed by atoms with Crippen LogP contribution in [0.15, 0.2) is 18.2 Å². The van der Waals surface area contributed by atoms with E-state index in [9.17, 15) is 0 Å². The maximum Gasteiger partial charge on any atom is 0.124 e. The van der Waals surface area contributed by atoms with E-state index in [0.29, 0.717) is 5.88 Å². The molecule has 1 aromatic heterocycles. The van der Waals surface area contributed by atoms with E-state index in [1.807, 2.05) is 0 Å². The predicted molar refractivity (Wildman–Crippen MR) is 64.3 cm³/mol. The largest absolute Gasteiger partial charge is 0.327 e. The molecule has 0 N–H and O–H groups in total. The molecule has 2 aromatic rings. The molecule has 0 aliphatic carbocycles. The first-order valence-corrected chi connectivity index (χ1v) is 5.87. The Morgan fingerprint density at radius 1 is 1.33 bits per heavy atom. The van der Waals surface area contributed by atoms with Crippen LogP contribution in [0.4, 0.5) is 0 Å². The molecule has 0 amide bonds. The Balaban J connectivity index is 2.65. The van der Waals surface area contributed by atoms with Gasteiger partial charge in [-0.05, 0) is 31.0 Å². The zero-order valence-corrected chi connectivity index (χ0v) is 9.88. The van der Waals surface area contributed by atoms with Crippen LogP contribution in [-0.4, -0.2) is 9.55 Å². The number of aryl methyl sites for hydroxylation is 2. The first kappa shape index (κ1) is 10.5. The highest BCUT2D eigenvalue weighted by Gasteiger charge is 2.08. The Morgan fingerprint density at radius 3 is 2.73 bits per heavy atom. The molecule has 3 heteroatoms. The van der Waals surface area contributed by atoms with Gasteiger partial charge in [-0.25, -0.2) is 4.98 Å². The van der Waals surface area contributed by atoms with Crippen molar-refractivity contribution in [2.75, 3.05) is 0 Å². The van der Waals surface area contributed by atoms with Crippen molar-refractivity contribution in [2.45, 2.75) is 32.7 Å². The normalized spacial score (nSPS) is 11.1. The van der Waals surface area contributed by atoms with Crippen LogP contribution in [0.5, 0.6) is 0 Å². The number of aromatic nitrogens is 2. The van der Waals surface area contributed by atoms with Gasteiger partial charge in [0.2, 0.25) is 0 Å². The monoisotopic (exact) mass is 222 g/mol. The van der Waals surface area contributed by atoms with Crippen LogP contribution in [0.1, 0.15) is 25.2 Å². The highest BCUT2D eigenvalue weighted by Crippen LogP contribution is 2.19. The molecular weight excluding hydrogens is 208 g/mol. The molecule has 0 saturated heterocycles. The highest BCUT2D eigenvalue weighted by atomic mass is 35.5. The number of benzene rings is 1. The van der Waals surface area contributed by atoms with Crippen LogP contribution in [0.2, 0.25) is 0 Å². The molecule has 2 rings (SSSR count). The molecule has 0 unspecified atom stereocenters. The van der Waals surface area contributed by atoms with Gasteiger partial charge in [0.05, 0.1) is 16.9 Å². The fraction of sp³-hybridized carbons (Fsp3) is 0.417. The topological polar surface area (TPSA) is 17.8 Å². The standard InChI is InChI=1S/C12H15ClN2/c1-3-9-5-6-11-10(7-9)14-12(8-13)15(11)4-2/h5-7H,3-4,8H2,1-2H3. The van der Waals surface area contributed by atoms with Crippen LogP contribution >= 0.6 is 11.6 Å². The van der Waals surface area contributed by atoms with Gasteiger partial charge in [0, 0.05) is 6.54 Å². The fourth-order valence-electron chi connectivity index (χ4n) is 1.90. The van der Waals surface area contributed by atoms with Crippen LogP contribution in [0, 0.1) is 0 Å². The highest BCUT2D eigenvalue weighted by molar-refractivity contribution is 6.16. The zero-order valence-electron chi connectivity index (χ0n) is 9.13. The zero-order chi connectivity index (χ0) is 10.8. The number of fused-ring (bicyclic) bond motifs is 1. The van der Waals surface area contributed by atoms with Gasteiger partial charge in [0.1, 0.15) is 5.82 Å². The summed E-state index contributed by atoms with van der Waals surface area (Å²) in [5, 5.41) is 0. The first-order chi connectivity index (χ1) is 7.30. The molecule has 1 heterocycles. The van der Waals surface area contributed by atoms with Crippen LogP contribution in [-0.2, 0) is 18.8 Å². The molecule has 80 valence electrons. The summed E-state index contributed by atoms with van der Waals surface area (Å²) in [4.78, 5) is 4.54. The van der Waals surface area contributed by atoms with Gasteiger partial charge >= 0.3 is 0 Å². The molecule has 0 spiro atoms. The van der Waals surface area contributed by atoms with E-state index in [4.69, 9.17) is 11.6 Å². The van der Waals surface area contributed by atoms with Gasteiger partial charge < -0.3 is 4.57 Å². The molecule has 0 aliphatic heterocycles. The summed E-state index contributed by atoms with van der Waals surface area (Å²) in [5.74, 6) is 1.44. The lowest BCUT2D eigenvalue weighted by Gasteiger charge is -2.02. The third-order valence-corrected chi connectivity index (χ3v) is 2.97. The van der Waals surface area contributed by atoms with Crippen molar-refractivity contribution >= 4 is 22.6 Å². The summed E-state index contributed by atoms with van der Waals surface area (Å²) in [7, 11) is 0. The van der Waals surface area contributed by atoms with Gasteiger partial charge in [-0.2, -0.15) is 0 Å². The minimum absolute atomic E-state index is 0.476. The van der Waals surface area contributed by atoms with Crippen molar-refractivity contribution in [1.29, 1.82) is 0 Å². The summed E-state index contributed by atoms with van der Waals surface area (Å²) < 4.78 is 2.17. The van der Waals surface area contributed by atoms with Crippen molar-refractivity contribution < 1.29 is 0 Å². The molecular formula is C12H15ClN2. The Labute approximate surface area is 94.9 Å². The second-order valence-electron chi connectivity index (χ2n) is 3.58. The molecule has 1 aromatic carbocycles. The van der Waals surface area contributed by atoms with Crippen LogP contribution in [0.25, 0.3) is 11.0 Å². The van der Waals surface area contributed by atoms with Crippen molar-refractivity contribution in [3.63, 3.8) is 0 Å².